The Hall–Kier alpha value is -2.28. The molecule has 0 aliphatic heterocycles. The van der Waals surface area contributed by atoms with Crippen molar-refractivity contribution in [1.29, 1.82) is 0 Å². The molecule has 1 aromatic carbocycles. The summed E-state index contributed by atoms with van der Waals surface area (Å²) in [5.74, 6) is 1.01. The molecule has 4 rings (SSSR count). The second-order valence-electron chi connectivity index (χ2n) is 7.15. The molecule has 6 heteroatoms. The lowest BCUT2D eigenvalue weighted by atomic mass is 10.1. The van der Waals surface area contributed by atoms with Gasteiger partial charge >= 0.3 is 0 Å². The Balaban J connectivity index is 1.62. The van der Waals surface area contributed by atoms with Crippen molar-refractivity contribution in [1.82, 2.24) is 15.3 Å². The monoisotopic (exact) mass is 408 g/mol. The Kier molecular flexibility index (Phi) is 5.71. The Labute approximate surface area is 173 Å². The summed E-state index contributed by atoms with van der Waals surface area (Å²) in [7, 11) is 4.10. The van der Waals surface area contributed by atoms with Crippen LogP contribution < -0.4 is 10.2 Å². The second kappa shape index (κ2) is 8.39. The van der Waals surface area contributed by atoms with Crippen molar-refractivity contribution in [3.8, 4) is 0 Å². The van der Waals surface area contributed by atoms with E-state index in [0.29, 0.717) is 0 Å². The number of anilines is 1. The minimum atomic E-state index is 0.190. The van der Waals surface area contributed by atoms with Crippen LogP contribution in [0.3, 0.4) is 0 Å². The number of aromatic nitrogens is 2. The van der Waals surface area contributed by atoms with Gasteiger partial charge in [-0.25, -0.2) is 9.97 Å². The Bertz CT molecular complexity index is 1050. The van der Waals surface area contributed by atoms with Crippen molar-refractivity contribution in [2.45, 2.75) is 25.9 Å². The molecule has 28 heavy (non-hydrogen) atoms. The zero-order valence-electron chi connectivity index (χ0n) is 16.3. The third kappa shape index (κ3) is 4.24. The number of hydrogen-bond acceptors (Lipinski definition) is 6. The molecule has 0 saturated heterocycles. The quantitative estimate of drug-likeness (QED) is 0.456. The van der Waals surface area contributed by atoms with E-state index in [1.165, 1.54) is 16.5 Å². The lowest BCUT2D eigenvalue weighted by molar-refractivity contribution is 0.527. The van der Waals surface area contributed by atoms with Crippen LogP contribution in [-0.2, 0) is 13.0 Å². The molecule has 0 aliphatic rings. The summed E-state index contributed by atoms with van der Waals surface area (Å²) in [5, 5.41) is 12.5. The third-order valence-electron chi connectivity index (χ3n) is 4.70. The lowest BCUT2D eigenvalue weighted by Gasteiger charge is -2.21. The van der Waals surface area contributed by atoms with E-state index in [0.717, 1.165) is 35.0 Å². The predicted octanol–water partition coefficient (Wildman–Crippen LogP) is 5.20. The van der Waals surface area contributed by atoms with Gasteiger partial charge in [-0.2, -0.15) is 11.3 Å². The van der Waals surface area contributed by atoms with Crippen LogP contribution in [0.2, 0.25) is 0 Å². The molecule has 1 N–H and O–H groups in total. The molecule has 0 spiro atoms. The van der Waals surface area contributed by atoms with E-state index in [-0.39, 0.29) is 6.04 Å². The van der Waals surface area contributed by atoms with Gasteiger partial charge in [0, 0.05) is 42.7 Å². The van der Waals surface area contributed by atoms with Crippen LogP contribution in [0.1, 0.15) is 27.9 Å². The van der Waals surface area contributed by atoms with E-state index in [4.69, 9.17) is 9.97 Å². The summed E-state index contributed by atoms with van der Waals surface area (Å²) >= 11 is 3.47. The highest BCUT2D eigenvalue weighted by Gasteiger charge is 2.17. The van der Waals surface area contributed by atoms with Crippen LogP contribution in [-0.4, -0.2) is 24.1 Å². The van der Waals surface area contributed by atoms with Crippen LogP contribution in [0.25, 0.3) is 10.9 Å². The SMILES string of the molecule is Cc1csc([C@H](Cc2ccsc2)NCc2cc3ccccc3nc2N(C)C)n1. The van der Waals surface area contributed by atoms with Crippen molar-refractivity contribution in [2.24, 2.45) is 0 Å². The van der Waals surface area contributed by atoms with Crippen molar-refractivity contribution in [2.75, 3.05) is 19.0 Å². The molecule has 3 aromatic heterocycles. The number of aryl methyl sites for hydroxylation is 1. The van der Waals surface area contributed by atoms with E-state index < -0.39 is 0 Å². The summed E-state index contributed by atoms with van der Waals surface area (Å²) in [6.45, 7) is 2.80. The fourth-order valence-electron chi connectivity index (χ4n) is 3.32. The number of pyridine rings is 1. The average Bonchev–Trinajstić information content (AvgIpc) is 3.35. The van der Waals surface area contributed by atoms with Crippen molar-refractivity contribution in [3.63, 3.8) is 0 Å². The maximum atomic E-state index is 4.88. The van der Waals surface area contributed by atoms with Crippen LogP contribution >= 0.6 is 22.7 Å². The van der Waals surface area contributed by atoms with Crippen molar-refractivity contribution >= 4 is 39.4 Å². The molecule has 1 atom stereocenters. The number of thiophene rings is 1. The zero-order chi connectivity index (χ0) is 19.5. The first-order valence-electron chi connectivity index (χ1n) is 9.32. The molecular weight excluding hydrogens is 384 g/mol. The fraction of sp³-hybridized carbons (Fsp3) is 0.273. The van der Waals surface area contributed by atoms with Gasteiger partial charge in [-0.3, -0.25) is 0 Å². The maximum absolute atomic E-state index is 4.88. The number of rotatable bonds is 7. The fourth-order valence-corrected chi connectivity index (χ4v) is 4.88. The largest absolute Gasteiger partial charge is 0.362 e. The molecule has 0 amide bonds. The number of thiazole rings is 1. The first-order valence-corrected chi connectivity index (χ1v) is 11.1. The molecule has 0 unspecified atom stereocenters. The van der Waals surface area contributed by atoms with Gasteiger partial charge in [0.25, 0.3) is 0 Å². The molecule has 144 valence electrons. The first kappa shape index (κ1) is 19.1. The van der Waals surface area contributed by atoms with Gasteiger partial charge < -0.3 is 10.2 Å². The van der Waals surface area contributed by atoms with E-state index in [9.17, 15) is 0 Å². The van der Waals surface area contributed by atoms with E-state index in [1.807, 2.05) is 20.2 Å². The van der Waals surface area contributed by atoms with Crippen LogP contribution in [0.15, 0.2) is 52.5 Å². The molecule has 3 heterocycles. The standard InChI is InChI=1S/C22H24N4S2/c1-15-13-28-22(24-15)20(10-16-8-9-27-14-16)23-12-18-11-17-6-4-5-7-19(17)25-21(18)26(2)3/h4-9,11,13-14,20,23H,10,12H2,1-3H3/t20-/m0/s1. The minimum Gasteiger partial charge on any atom is -0.362 e. The smallest absolute Gasteiger partial charge is 0.133 e. The highest BCUT2D eigenvalue weighted by Crippen LogP contribution is 2.26. The van der Waals surface area contributed by atoms with Gasteiger partial charge in [0.2, 0.25) is 0 Å². The summed E-state index contributed by atoms with van der Waals surface area (Å²) in [4.78, 5) is 11.7. The molecule has 0 bridgehead atoms. The molecule has 0 saturated carbocycles. The Morgan fingerprint density at radius 1 is 1.11 bits per heavy atom. The number of hydrogen-bond donors (Lipinski definition) is 1. The molecule has 0 fully saturated rings. The van der Waals surface area contributed by atoms with Gasteiger partial charge in [-0.05, 0) is 47.9 Å². The number of nitrogens with zero attached hydrogens (tertiary/aromatic N) is 3. The molecule has 0 aliphatic carbocycles. The molecule has 4 aromatic rings. The third-order valence-corrected chi connectivity index (χ3v) is 6.51. The lowest BCUT2D eigenvalue weighted by Crippen LogP contribution is -2.24. The topological polar surface area (TPSA) is 41.1 Å². The van der Waals surface area contributed by atoms with Gasteiger partial charge in [-0.15, -0.1) is 11.3 Å². The molecule has 4 nitrogen and oxygen atoms in total. The number of benzene rings is 1. The Morgan fingerprint density at radius 2 is 1.96 bits per heavy atom. The zero-order valence-corrected chi connectivity index (χ0v) is 18.0. The van der Waals surface area contributed by atoms with Gasteiger partial charge in [0.05, 0.1) is 11.6 Å². The highest BCUT2D eigenvalue weighted by molar-refractivity contribution is 7.09. The summed E-state index contributed by atoms with van der Waals surface area (Å²) in [5.41, 5.74) is 4.66. The van der Waals surface area contributed by atoms with E-state index >= 15 is 0 Å². The van der Waals surface area contributed by atoms with Crippen LogP contribution in [0, 0.1) is 6.92 Å². The van der Waals surface area contributed by atoms with Gasteiger partial charge in [-0.1, -0.05) is 18.2 Å². The normalized spacial score (nSPS) is 12.4. The van der Waals surface area contributed by atoms with Crippen molar-refractivity contribution < 1.29 is 0 Å². The number of nitrogens with one attached hydrogen (secondary N) is 1. The second-order valence-corrected chi connectivity index (χ2v) is 8.82. The average molecular weight is 409 g/mol. The molecular formula is C22H24N4S2. The summed E-state index contributed by atoms with van der Waals surface area (Å²) in [6.07, 6.45) is 0.939. The number of fused-ring (bicyclic) bond motifs is 1. The first-order chi connectivity index (χ1) is 13.6. The van der Waals surface area contributed by atoms with E-state index in [2.05, 4.69) is 63.6 Å². The summed E-state index contributed by atoms with van der Waals surface area (Å²) in [6, 6.07) is 12.9. The van der Waals surface area contributed by atoms with Gasteiger partial charge in [0.15, 0.2) is 0 Å². The Morgan fingerprint density at radius 3 is 2.68 bits per heavy atom. The van der Waals surface area contributed by atoms with E-state index in [1.54, 1.807) is 22.7 Å². The summed E-state index contributed by atoms with van der Waals surface area (Å²) < 4.78 is 0. The number of para-hydroxylation sites is 1. The predicted molar refractivity (Wildman–Crippen MR) is 121 cm³/mol. The van der Waals surface area contributed by atoms with Crippen molar-refractivity contribution in [3.05, 3.63) is 74.4 Å². The molecule has 0 radical (unpaired) electrons. The minimum absolute atomic E-state index is 0.190. The van der Waals surface area contributed by atoms with Crippen LogP contribution in [0.4, 0.5) is 5.82 Å². The van der Waals surface area contributed by atoms with Gasteiger partial charge in [0.1, 0.15) is 10.8 Å². The maximum Gasteiger partial charge on any atom is 0.133 e. The van der Waals surface area contributed by atoms with Crippen LogP contribution in [0.5, 0.6) is 0 Å². The highest BCUT2D eigenvalue weighted by atomic mass is 32.1.